The van der Waals surface area contributed by atoms with Crippen molar-refractivity contribution in [3.8, 4) is 0 Å². The van der Waals surface area contributed by atoms with Crippen LogP contribution in [0, 0.1) is 5.92 Å². The second kappa shape index (κ2) is 6.40. The lowest BCUT2D eigenvalue weighted by atomic mass is 10.00. The first-order valence-corrected chi connectivity index (χ1v) is 4.46. The number of ether oxygens (including phenoxy) is 2. The molecule has 0 aromatic carbocycles. The predicted molar refractivity (Wildman–Crippen MR) is 49.9 cm³/mol. The summed E-state index contributed by atoms with van der Waals surface area (Å²) in [5.74, 6) is 0.632. The molecule has 0 saturated carbocycles. The molecule has 2 N–H and O–H groups in total. The summed E-state index contributed by atoms with van der Waals surface area (Å²) < 4.78 is 10.1. The van der Waals surface area contributed by atoms with Crippen molar-refractivity contribution in [1.29, 1.82) is 0 Å². The maximum absolute atomic E-state index is 5.87. The molecule has 0 aliphatic carbocycles. The molecule has 0 bridgehead atoms. The van der Waals surface area contributed by atoms with E-state index in [0.29, 0.717) is 5.92 Å². The summed E-state index contributed by atoms with van der Waals surface area (Å²) in [6.45, 7) is 4.34. The van der Waals surface area contributed by atoms with Crippen molar-refractivity contribution >= 4 is 0 Å². The van der Waals surface area contributed by atoms with E-state index in [4.69, 9.17) is 15.2 Å². The van der Waals surface area contributed by atoms with Gasteiger partial charge >= 0.3 is 0 Å². The zero-order chi connectivity index (χ0) is 9.56. The van der Waals surface area contributed by atoms with Crippen LogP contribution in [0.3, 0.4) is 0 Å². The number of methoxy groups -OCH3 is 2. The maximum Gasteiger partial charge on any atom is 0.171 e. The monoisotopic (exact) mass is 175 g/mol. The van der Waals surface area contributed by atoms with Gasteiger partial charge in [-0.3, -0.25) is 0 Å². The summed E-state index contributed by atoms with van der Waals surface area (Å²) in [5, 5.41) is 0. The van der Waals surface area contributed by atoms with Crippen molar-refractivity contribution in [2.24, 2.45) is 11.7 Å². The Labute approximate surface area is 75.2 Å². The Balaban J connectivity index is 3.75. The minimum absolute atomic E-state index is 0.0186. The molecule has 0 fully saturated rings. The van der Waals surface area contributed by atoms with E-state index >= 15 is 0 Å². The maximum atomic E-state index is 5.87. The van der Waals surface area contributed by atoms with E-state index in [9.17, 15) is 0 Å². The lowest BCUT2D eigenvalue weighted by molar-refractivity contribution is -0.119. The Morgan fingerprint density at radius 1 is 1.25 bits per heavy atom. The molecule has 2 unspecified atom stereocenters. The van der Waals surface area contributed by atoms with Crippen LogP contribution in [-0.4, -0.2) is 26.6 Å². The van der Waals surface area contributed by atoms with E-state index in [-0.39, 0.29) is 12.3 Å². The van der Waals surface area contributed by atoms with Crippen molar-refractivity contribution in [3.05, 3.63) is 0 Å². The zero-order valence-electron chi connectivity index (χ0n) is 8.54. The molecule has 0 aromatic rings. The normalized spacial score (nSPS) is 16.5. The number of hydrogen-bond acceptors (Lipinski definition) is 3. The highest BCUT2D eigenvalue weighted by atomic mass is 16.7. The molecule has 0 amide bonds. The van der Waals surface area contributed by atoms with Crippen LogP contribution in [0.25, 0.3) is 0 Å². The van der Waals surface area contributed by atoms with Crippen LogP contribution in [0.1, 0.15) is 26.7 Å². The van der Waals surface area contributed by atoms with Crippen molar-refractivity contribution in [3.63, 3.8) is 0 Å². The van der Waals surface area contributed by atoms with Crippen LogP contribution in [0.2, 0.25) is 0 Å². The Kier molecular flexibility index (Phi) is 6.34. The third-order valence-electron chi connectivity index (χ3n) is 2.19. The van der Waals surface area contributed by atoms with Gasteiger partial charge in [-0.05, 0) is 12.3 Å². The minimum Gasteiger partial charge on any atom is -0.354 e. The van der Waals surface area contributed by atoms with Gasteiger partial charge in [0.1, 0.15) is 0 Å². The van der Waals surface area contributed by atoms with E-state index in [0.717, 1.165) is 12.8 Å². The quantitative estimate of drug-likeness (QED) is 0.620. The fraction of sp³-hybridized carbons (Fsp3) is 1.00. The van der Waals surface area contributed by atoms with Crippen LogP contribution in [0.15, 0.2) is 0 Å². The Hall–Kier alpha value is -0.120. The van der Waals surface area contributed by atoms with Gasteiger partial charge in [0.2, 0.25) is 0 Å². The van der Waals surface area contributed by atoms with Crippen LogP contribution >= 0.6 is 0 Å². The Morgan fingerprint density at radius 2 is 1.75 bits per heavy atom. The Morgan fingerprint density at radius 3 is 2.08 bits per heavy atom. The largest absolute Gasteiger partial charge is 0.354 e. The highest BCUT2D eigenvalue weighted by Gasteiger charge is 2.17. The first kappa shape index (κ1) is 11.9. The van der Waals surface area contributed by atoms with Gasteiger partial charge in [-0.2, -0.15) is 0 Å². The topological polar surface area (TPSA) is 44.5 Å². The summed E-state index contributed by atoms with van der Waals surface area (Å²) in [4.78, 5) is 0. The second-order valence-electron chi connectivity index (χ2n) is 3.25. The molecule has 0 rings (SSSR count). The van der Waals surface area contributed by atoms with Gasteiger partial charge in [0, 0.05) is 14.2 Å². The molecule has 0 spiro atoms. The van der Waals surface area contributed by atoms with Crippen molar-refractivity contribution in [1.82, 2.24) is 0 Å². The summed E-state index contributed by atoms with van der Waals surface area (Å²) in [7, 11) is 3.23. The molecule has 12 heavy (non-hydrogen) atoms. The molecular formula is C9H21NO2. The van der Waals surface area contributed by atoms with Crippen LogP contribution in [-0.2, 0) is 9.47 Å². The van der Waals surface area contributed by atoms with Gasteiger partial charge in [0.05, 0.1) is 6.04 Å². The standard InChI is InChI=1S/C9H21NO2/c1-5-7(2)6-8(10)9(11-3)12-4/h7-9H,5-6,10H2,1-4H3. The molecule has 74 valence electrons. The smallest absolute Gasteiger partial charge is 0.171 e. The van der Waals surface area contributed by atoms with Crippen molar-refractivity contribution < 1.29 is 9.47 Å². The molecule has 0 radical (unpaired) electrons. The molecule has 2 atom stereocenters. The van der Waals surface area contributed by atoms with Gasteiger partial charge < -0.3 is 15.2 Å². The van der Waals surface area contributed by atoms with Gasteiger partial charge in [-0.15, -0.1) is 0 Å². The highest BCUT2D eigenvalue weighted by Crippen LogP contribution is 2.12. The summed E-state index contributed by atoms with van der Waals surface area (Å²) in [5.41, 5.74) is 5.87. The Bertz CT molecular complexity index is 105. The number of rotatable bonds is 6. The van der Waals surface area contributed by atoms with E-state index in [1.165, 1.54) is 0 Å². The van der Waals surface area contributed by atoms with Gasteiger partial charge in [0.25, 0.3) is 0 Å². The average Bonchev–Trinajstić information content (AvgIpc) is 2.06. The van der Waals surface area contributed by atoms with Crippen LogP contribution in [0.4, 0.5) is 0 Å². The molecule has 0 heterocycles. The fourth-order valence-electron chi connectivity index (χ4n) is 1.19. The van der Waals surface area contributed by atoms with Crippen LogP contribution < -0.4 is 5.73 Å². The van der Waals surface area contributed by atoms with E-state index in [1.807, 2.05) is 0 Å². The molecule has 0 aromatic heterocycles. The third-order valence-corrected chi connectivity index (χ3v) is 2.19. The van der Waals surface area contributed by atoms with E-state index in [2.05, 4.69) is 13.8 Å². The van der Waals surface area contributed by atoms with Crippen LogP contribution in [0.5, 0.6) is 0 Å². The number of hydrogen-bond donors (Lipinski definition) is 1. The van der Waals surface area contributed by atoms with E-state index < -0.39 is 0 Å². The summed E-state index contributed by atoms with van der Waals surface area (Å²) in [6.07, 6.45) is 1.83. The molecule has 0 saturated heterocycles. The average molecular weight is 175 g/mol. The summed E-state index contributed by atoms with van der Waals surface area (Å²) >= 11 is 0. The third kappa shape index (κ3) is 4.04. The molecule has 0 aliphatic rings. The number of nitrogens with two attached hydrogens (primary N) is 1. The second-order valence-corrected chi connectivity index (χ2v) is 3.25. The van der Waals surface area contributed by atoms with Crippen molar-refractivity contribution in [2.45, 2.75) is 39.0 Å². The first-order chi connectivity index (χ1) is 5.65. The molecule has 3 heteroatoms. The van der Waals surface area contributed by atoms with Gasteiger partial charge in [-0.1, -0.05) is 20.3 Å². The minimum atomic E-state index is -0.265. The predicted octanol–water partition coefficient (Wildman–Crippen LogP) is 1.37. The highest BCUT2D eigenvalue weighted by molar-refractivity contribution is 4.68. The lowest BCUT2D eigenvalue weighted by Gasteiger charge is -2.23. The molecule has 0 aliphatic heterocycles. The summed E-state index contributed by atoms with van der Waals surface area (Å²) in [6, 6.07) is -0.0186. The lowest BCUT2D eigenvalue weighted by Crippen LogP contribution is -2.38. The zero-order valence-corrected chi connectivity index (χ0v) is 8.54. The molecule has 3 nitrogen and oxygen atoms in total. The van der Waals surface area contributed by atoms with Gasteiger partial charge in [-0.25, -0.2) is 0 Å². The first-order valence-electron chi connectivity index (χ1n) is 4.46. The van der Waals surface area contributed by atoms with Gasteiger partial charge in [0.15, 0.2) is 6.29 Å². The SMILES string of the molecule is CCC(C)CC(N)C(OC)OC. The van der Waals surface area contributed by atoms with E-state index in [1.54, 1.807) is 14.2 Å². The fourth-order valence-corrected chi connectivity index (χ4v) is 1.19. The molecular weight excluding hydrogens is 154 g/mol. The van der Waals surface area contributed by atoms with Crippen molar-refractivity contribution in [2.75, 3.05) is 14.2 Å².